The maximum atomic E-state index is 13.5. The first-order chi connectivity index (χ1) is 17.2. The molecule has 0 aliphatic carbocycles. The molecule has 3 N–H and O–H groups in total. The minimum absolute atomic E-state index is 0.0426. The average molecular weight is 514 g/mol. The van der Waals surface area contributed by atoms with Crippen molar-refractivity contribution in [2.75, 3.05) is 51.3 Å². The molecule has 2 fully saturated rings. The van der Waals surface area contributed by atoms with Crippen LogP contribution in [0, 0.1) is 24.2 Å². The number of nitrogens with zero attached hydrogens (tertiary/aromatic N) is 3. The number of carbonyl (C=O) groups is 1. The number of amides is 2. The fourth-order valence-corrected chi connectivity index (χ4v) is 6.48. The Balaban J connectivity index is 1.43. The maximum Gasteiger partial charge on any atom is 0.324 e. The topological polar surface area (TPSA) is 120 Å². The number of amidine groups is 1. The third-order valence-corrected chi connectivity index (χ3v) is 8.92. The Hall–Kier alpha value is -2.95. The van der Waals surface area contributed by atoms with Gasteiger partial charge in [-0.05, 0) is 49.9 Å². The average Bonchev–Trinajstić information content (AvgIpc) is 2.86. The van der Waals surface area contributed by atoms with Crippen LogP contribution in [0.3, 0.4) is 0 Å². The Morgan fingerprint density at radius 2 is 1.78 bits per heavy atom. The van der Waals surface area contributed by atoms with E-state index < -0.39 is 10.0 Å². The van der Waals surface area contributed by atoms with Crippen molar-refractivity contribution in [3.63, 3.8) is 0 Å². The molecule has 2 aromatic carbocycles. The summed E-state index contributed by atoms with van der Waals surface area (Å²) in [5.41, 5.74) is 7.96. The molecule has 10 heteroatoms. The molecule has 194 valence electrons. The lowest BCUT2D eigenvalue weighted by molar-refractivity contribution is 0.105. The van der Waals surface area contributed by atoms with E-state index >= 15 is 0 Å². The molecule has 0 aromatic heterocycles. The summed E-state index contributed by atoms with van der Waals surface area (Å²) in [6, 6.07) is 14.0. The van der Waals surface area contributed by atoms with E-state index in [9.17, 15) is 13.2 Å². The van der Waals surface area contributed by atoms with Gasteiger partial charge in [-0.15, -0.1) is 0 Å². The maximum absolute atomic E-state index is 13.5. The second kappa shape index (κ2) is 11.0. The van der Waals surface area contributed by atoms with Gasteiger partial charge in [0.2, 0.25) is 10.0 Å². The van der Waals surface area contributed by atoms with Crippen molar-refractivity contribution in [1.82, 2.24) is 9.21 Å². The second-order valence-corrected chi connectivity index (χ2v) is 11.7. The number of aryl methyl sites for hydroxylation is 1. The predicted octanol–water partition coefficient (Wildman–Crippen LogP) is 2.88. The number of nitrogen functional groups attached to an aromatic ring is 1. The van der Waals surface area contributed by atoms with E-state index in [0.29, 0.717) is 68.3 Å². The van der Waals surface area contributed by atoms with Gasteiger partial charge >= 0.3 is 6.03 Å². The SMILES string of the molecule is COCC1CN(CC2CCN(S(=O)(=O)c3ccc(C)cc3)CC2)C(=O)N(c2cccc(C(=N)N)c2)C1. The van der Waals surface area contributed by atoms with Gasteiger partial charge in [0.25, 0.3) is 0 Å². The zero-order chi connectivity index (χ0) is 25.9. The van der Waals surface area contributed by atoms with E-state index in [1.807, 2.05) is 30.0 Å². The van der Waals surface area contributed by atoms with Crippen LogP contribution in [0.5, 0.6) is 0 Å². The molecule has 2 saturated heterocycles. The third-order valence-electron chi connectivity index (χ3n) is 7.00. The lowest BCUT2D eigenvalue weighted by atomic mass is 9.96. The molecule has 0 bridgehead atoms. The van der Waals surface area contributed by atoms with Gasteiger partial charge in [0, 0.05) is 57.0 Å². The van der Waals surface area contributed by atoms with Crippen LogP contribution in [0.15, 0.2) is 53.4 Å². The summed E-state index contributed by atoms with van der Waals surface area (Å²) >= 11 is 0. The lowest BCUT2D eigenvalue weighted by Gasteiger charge is -2.42. The molecule has 0 saturated carbocycles. The van der Waals surface area contributed by atoms with Crippen molar-refractivity contribution < 1.29 is 17.9 Å². The van der Waals surface area contributed by atoms with Crippen molar-refractivity contribution in [2.24, 2.45) is 17.6 Å². The molecule has 4 rings (SSSR count). The zero-order valence-corrected chi connectivity index (χ0v) is 21.7. The van der Waals surface area contributed by atoms with Gasteiger partial charge in [0.1, 0.15) is 5.84 Å². The van der Waals surface area contributed by atoms with Crippen LogP contribution >= 0.6 is 0 Å². The fourth-order valence-electron chi connectivity index (χ4n) is 5.01. The van der Waals surface area contributed by atoms with Gasteiger partial charge in [-0.1, -0.05) is 29.8 Å². The highest BCUT2D eigenvalue weighted by atomic mass is 32.2. The number of urea groups is 1. The molecule has 2 aliphatic rings. The van der Waals surface area contributed by atoms with Crippen LogP contribution in [0.4, 0.5) is 10.5 Å². The quantitative estimate of drug-likeness (QED) is 0.415. The Kier molecular flexibility index (Phi) is 7.97. The van der Waals surface area contributed by atoms with Gasteiger partial charge in [-0.2, -0.15) is 4.31 Å². The highest BCUT2D eigenvalue weighted by Gasteiger charge is 2.36. The molecule has 1 unspecified atom stereocenters. The van der Waals surface area contributed by atoms with Crippen LogP contribution < -0.4 is 10.6 Å². The highest BCUT2D eigenvalue weighted by molar-refractivity contribution is 7.89. The van der Waals surface area contributed by atoms with Gasteiger partial charge in [0.05, 0.1) is 11.5 Å². The summed E-state index contributed by atoms with van der Waals surface area (Å²) in [5.74, 6) is 0.305. The summed E-state index contributed by atoms with van der Waals surface area (Å²) in [6.45, 7) is 5.03. The van der Waals surface area contributed by atoms with Gasteiger partial charge in [-0.3, -0.25) is 10.3 Å². The van der Waals surface area contributed by atoms with Crippen LogP contribution in [0.1, 0.15) is 24.0 Å². The lowest BCUT2D eigenvalue weighted by Crippen LogP contribution is -2.56. The molecule has 1 atom stereocenters. The number of rotatable bonds is 8. The van der Waals surface area contributed by atoms with Crippen molar-refractivity contribution >= 4 is 27.6 Å². The number of nitrogens with two attached hydrogens (primary N) is 1. The number of hydrogen-bond acceptors (Lipinski definition) is 5. The van der Waals surface area contributed by atoms with Gasteiger partial charge in [-0.25, -0.2) is 13.2 Å². The van der Waals surface area contributed by atoms with Crippen molar-refractivity contribution in [3.05, 3.63) is 59.7 Å². The Labute approximate surface area is 213 Å². The molecule has 9 nitrogen and oxygen atoms in total. The summed E-state index contributed by atoms with van der Waals surface area (Å²) < 4.78 is 33.1. The molecule has 0 spiro atoms. The molecular formula is C26H35N5O4S. The van der Waals surface area contributed by atoms with Crippen LogP contribution in [0.2, 0.25) is 0 Å². The van der Waals surface area contributed by atoms with Gasteiger partial charge < -0.3 is 15.4 Å². The number of hydrogen-bond donors (Lipinski definition) is 2. The summed E-state index contributed by atoms with van der Waals surface area (Å²) in [4.78, 5) is 17.4. The molecule has 2 aromatic rings. The van der Waals surface area contributed by atoms with Crippen LogP contribution in [-0.4, -0.2) is 75.9 Å². The van der Waals surface area contributed by atoms with Crippen LogP contribution in [-0.2, 0) is 14.8 Å². The van der Waals surface area contributed by atoms with E-state index in [0.717, 1.165) is 5.56 Å². The normalized spacial score (nSPS) is 20.1. The Morgan fingerprint density at radius 1 is 1.08 bits per heavy atom. The number of piperidine rings is 1. The fraction of sp³-hybridized carbons (Fsp3) is 0.462. The predicted molar refractivity (Wildman–Crippen MR) is 140 cm³/mol. The Bertz CT molecular complexity index is 1190. The van der Waals surface area contributed by atoms with Crippen LogP contribution in [0.25, 0.3) is 0 Å². The highest BCUT2D eigenvalue weighted by Crippen LogP contribution is 2.28. The standard InChI is InChI=1S/C26H35N5O4S/c1-19-6-8-24(9-7-19)36(33,34)30-12-10-20(11-13-30)15-29-16-21(18-35-2)17-31(26(29)32)23-5-3-4-22(14-23)25(27)28/h3-9,14,20-21H,10-13,15-18H2,1-2H3,(H3,27,28). The molecule has 2 aliphatic heterocycles. The van der Waals surface area contributed by atoms with Crippen molar-refractivity contribution in [2.45, 2.75) is 24.7 Å². The first-order valence-corrected chi connectivity index (χ1v) is 13.7. The minimum Gasteiger partial charge on any atom is -0.384 e. The molecule has 2 heterocycles. The molecule has 36 heavy (non-hydrogen) atoms. The van der Waals surface area contributed by atoms with Gasteiger partial charge in [0.15, 0.2) is 0 Å². The monoisotopic (exact) mass is 513 g/mol. The number of sulfonamides is 1. The second-order valence-electron chi connectivity index (χ2n) is 9.74. The largest absolute Gasteiger partial charge is 0.384 e. The summed E-state index contributed by atoms with van der Waals surface area (Å²) in [7, 11) is -1.86. The summed E-state index contributed by atoms with van der Waals surface area (Å²) in [5, 5.41) is 7.73. The number of nitrogens with one attached hydrogen (secondary N) is 1. The minimum atomic E-state index is -3.52. The first-order valence-electron chi connectivity index (χ1n) is 12.3. The third kappa shape index (κ3) is 5.71. The van der Waals surface area contributed by atoms with E-state index in [-0.39, 0.29) is 23.7 Å². The smallest absolute Gasteiger partial charge is 0.324 e. The number of ether oxygens (including phenoxy) is 1. The summed E-state index contributed by atoms with van der Waals surface area (Å²) in [6.07, 6.45) is 1.40. The van der Waals surface area contributed by atoms with E-state index in [1.165, 1.54) is 0 Å². The number of carbonyl (C=O) groups excluding carboxylic acids is 1. The molecular weight excluding hydrogens is 478 g/mol. The Morgan fingerprint density at radius 3 is 2.42 bits per heavy atom. The van der Waals surface area contributed by atoms with E-state index in [4.69, 9.17) is 15.9 Å². The van der Waals surface area contributed by atoms with E-state index in [1.54, 1.807) is 46.6 Å². The number of benzene rings is 2. The van der Waals surface area contributed by atoms with Crippen molar-refractivity contribution in [1.29, 1.82) is 5.41 Å². The van der Waals surface area contributed by atoms with Crippen molar-refractivity contribution in [3.8, 4) is 0 Å². The first kappa shape index (κ1) is 26.1. The molecule has 0 radical (unpaired) electrons. The molecule has 2 amide bonds. The van der Waals surface area contributed by atoms with E-state index in [2.05, 4.69) is 0 Å². The number of methoxy groups -OCH3 is 1. The zero-order valence-electron chi connectivity index (χ0n) is 20.9. The number of anilines is 1.